The summed E-state index contributed by atoms with van der Waals surface area (Å²) >= 11 is 0. The molecule has 1 aliphatic heterocycles. The number of amides is 1. The summed E-state index contributed by atoms with van der Waals surface area (Å²) in [5.41, 5.74) is 3.13. The first kappa shape index (κ1) is 15.0. The van der Waals surface area contributed by atoms with E-state index in [9.17, 15) is 9.59 Å². The minimum Gasteiger partial charge on any atom is -0.481 e. The summed E-state index contributed by atoms with van der Waals surface area (Å²) in [6.45, 7) is 0.469. The Morgan fingerprint density at radius 3 is 2.91 bits per heavy atom. The maximum Gasteiger partial charge on any atom is 0.305 e. The van der Waals surface area contributed by atoms with Crippen molar-refractivity contribution in [2.24, 2.45) is 0 Å². The second kappa shape index (κ2) is 6.08. The van der Waals surface area contributed by atoms with E-state index in [-0.39, 0.29) is 24.5 Å². The number of ether oxygens (including phenoxy) is 1. The summed E-state index contributed by atoms with van der Waals surface area (Å²) in [4.78, 5) is 25.7. The fourth-order valence-electron chi connectivity index (χ4n) is 3.66. The number of fused-ring (bicyclic) bond motifs is 1. The molecule has 1 saturated heterocycles. The van der Waals surface area contributed by atoms with Crippen LogP contribution in [-0.2, 0) is 22.4 Å². The molecule has 0 bridgehead atoms. The SMILES string of the molecule is CO[C@@H]1C[C@H](CC(=O)O)N(C(=O)c2cccc3c2CCC3)C1. The molecule has 0 radical (unpaired) electrons. The van der Waals surface area contributed by atoms with Gasteiger partial charge in [0.1, 0.15) is 0 Å². The standard InChI is InChI=1S/C17H21NO4/c1-22-13-8-12(9-16(19)20)18(10-13)17(21)15-7-3-5-11-4-2-6-14(11)15/h3,5,7,12-13H,2,4,6,8-10H2,1H3,(H,19,20)/t12-,13-/m1/s1. The smallest absolute Gasteiger partial charge is 0.305 e. The molecule has 5 nitrogen and oxygen atoms in total. The molecule has 1 fully saturated rings. The van der Waals surface area contributed by atoms with Crippen molar-refractivity contribution in [1.29, 1.82) is 0 Å². The maximum absolute atomic E-state index is 12.9. The number of nitrogens with zero attached hydrogens (tertiary/aromatic N) is 1. The summed E-state index contributed by atoms with van der Waals surface area (Å²) in [6, 6.07) is 5.58. The average Bonchev–Trinajstić information content (AvgIpc) is 3.11. The van der Waals surface area contributed by atoms with Crippen LogP contribution in [0.5, 0.6) is 0 Å². The third-order valence-corrected chi connectivity index (χ3v) is 4.76. The number of benzene rings is 1. The van der Waals surface area contributed by atoms with Crippen LogP contribution in [0.2, 0.25) is 0 Å². The van der Waals surface area contributed by atoms with Crippen molar-refractivity contribution in [2.75, 3.05) is 13.7 Å². The minimum absolute atomic E-state index is 0.0272. The number of carboxylic acid groups (broad SMARTS) is 1. The number of carboxylic acids is 1. The Labute approximate surface area is 129 Å². The van der Waals surface area contributed by atoms with E-state index in [4.69, 9.17) is 9.84 Å². The number of methoxy groups -OCH3 is 1. The Balaban J connectivity index is 1.87. The van der Waals surface area contributed by atoms with E-state index in [0.717, 1.165) is 30.4 Å². The molecule has 0 aromatic heterocycles. The van der Waals surface area contributed by atoms with Gasteiger partial charge in [0.2, 0.25) is 0 Å². The lowest BCUT2D eigenvalue weighted by atomic mass is 10.0. The van der Waals surface area contributed by atoms with Crippen LogP contribution in [-0.4, -0.2) is 47.7 Å². The Morgan fingerprint density at radius 1 is 1.36 bits per heavy atom. The monoisotopic (exact) mass is 303 g/mol. The van der Waals surface area contributed by atoms with Crippen molar-refractivity contribution in [3.8, 4) is 0 Å². The molecule has 1 aromatic carbocycles. The van der Waals surface area contributed by atoms with Crippen molar-refractivity contribution in [3.63, 3.8) is 0 Å². The zero-order chi connectivity index (χ0) is 15.7. The second-order valence-electron chi connectivity index (χ2n) is 6.10. The van der Waals surface area contributed by atoms with Crippen LogP contribution in [0.15, 0.2) is 18.2 Å². The van der Waals surface area contributed by atoms with E-state index in [0.29, 0.717) is 13.0 Å². The molecular formula is C17H21NO4. The molecule has 2 aliphatic rings. The van der Waals surface area contributed by atoms with Crippen molar-refractivity contribution in [3.05, 3.63) is 34.9 Å². The van der Waals surface area contributed by atoms with E-state index in [2.05, 4.69) is 6.07 Å². The lowest BCUT2D eigenvalue weighted by Gasteiger charge is -2.24. The molecule has 1 aromatic rings. The average molecular weight is 303 g/mol. The zero-order valence-corrected chi connectivity index (χ0v) is 12.7. The largest absolute Gasteiger partial charge is 0.481 e. The van der Waals surface area contributed by atoms with E-state index in [1.807, 2.05) is 12.1 Å². The predicted octanol–water partition coefficient (Wildman–Crippen LogP) is 1.88. The lowest BCUT2D eigenvalue weighted by molar-refractivity contribution is -0.137. The number of likely N-dealkylation sites (tertiary alicyclic amines) is 1. The Bertz CT molecular complexity index is 598. The maximum atomic E-state index is 12.9. The number of hydrogen-bond acceptors (Lipinski definition) is 3. The van der Waals surface area contributed by atoms with Crippen molar-refractivity contribution in [2.45, 2.75) is 44.2 Å². The quantitative estimate of drug-likeness (QED) is 0.922. The highest BCUT2D eigenvalue weighted by Gasteiger charge is 2.37. The Kier molecular flexibility index (Phi) is 4.16. The summed E-state index contributed by atoms with van der Waals surface area (Å²) in [5.74, 6) is -0.928. The van der Waals surface area contributed by atoms with Gasteiger partial charge in [0, 0.05) is 25.3 Å². The molecule has 118 valence electrons. The third kappa shape index (κ3) is 2.73. The number of carbonyl (C=O) groups is 2. The van der Waals surface area contributed by atoms with Gasteiger partial charge in [-0.3, -0.25) is 9.59 Å². The fraction of sp³-hybridized carbons (Fsp3) is 0.529. The molecule has 1 amide bonds. The number of aryl methyl sites for hydroxylation is 1. The molecule has 22 heavy (non-hydrogen) atoms. The molecule has 1 heterocycles. The summed E-state index contributed by atoms with van der Waals surface area (Å²) < 4.78 is 5.35. The van der Waals surface area contributed by atoms with Gasteiger partial charge in [-0.1, -0.05) is 12.1 Å². The van der Waals surface area contributed by atoms with Gasteiger partial charge in [0.05, 0.1) is 12.5 Å². The molecule has 0 unspecified atom stereocenters. The van der Waals surface area contributed by atoms with E-state index >= 15 is 0 Å². The van der Waals surface area contributed by atoms with Crippen LogP contribution < -0.4 is 0 Å². The van der Waals surface area contributed by atoms with E-state index in [1.54, 1.807) is 12.0 Å². The second-order valence-corrected chi connectivity index (χ2v) is 6.10. The fourth-order valence-corrected chi connectivity index (χ4v) is 3.66. The molecule has 1 aliphatic carbocycles. The van der Waals surface area contributed by atoms with Gasteiger partial charge >= 0.3 is 5.97 Å². The van der Waals surface area contributed by atoms with Gasteiger partial charge in [-0.15, -0.1) is 0 Å². The van der Waals surface area contributed by atoms with Crippen LogP contribution in [0.1, 0.15) is 40.7 Å². The third-order valence-electron chi connectivity index (χ3n) is 4.76. The van der Waals surface area contributed by atoms with E-state index < -0.39 is 5.97 Å². The topological polar surface area (TPSA) is 66.8 Å². The van der Waals surface area contributed by atoms with Gasteiger partial charge in [-0.2, -0.15) is 0 Å². The predicted molar refractivity (Wildman–Crippen MR) is 81.0 cm³/mol. The van der Waals surface area contributed by atoms with E-state index in [1.165, 1.54) is 5.56 Å². The molecule has 3 rings (SSSR count). The zero-order valence-electron chi connectivity index (χ0n) is 12.7. The summed E-state index contributed by atoms with van der Waals surface area (Å²) in [7, 11) is 1.61. The Morgan fingerprint density at radius 2 is 2.18 bits per heavy atom. The van der Waals surface area contributed by atoms with Crippen molar-refractivity contribution < 1.29 is 19.4 Å². The lowest BCUT2D eigenvalue weighted by Crippen LogP contribution is -2.37. The minimum atomic E-state index is -0.877. The number of carbonyl (C=O) groups excluding carboxylic acids is 1. The van der Waals surface area contributed by atoms with Crippen LogP contribution in [0.25, 0.3) is 0 Å². The first-order valence-corrected chi connectivity index (χ1v) is 7.76. The Hall–Kier alpha value is -1.88. The number of aliphatic carboxylic acids is 1. The van der Waals surface area contributed by atoms with Crippen LogP contribution in [0.3, 0.4) is 0 Å². The van der Waals surface area contributed by atoms with Crippen LogP contribution >= 0.6 is 0 Å². The van der Waals surface area contributed by atoms with Crippen LogP contribution in [0.4, 0.5) is 0 Å². The number of rotatable bonds is 4. The highest BCUT2D eigenvalue weighted by atomic mass is 16.5. The highest BCUT2D eigenvalue weighted by Crippen LogP contribution is 2.29. The molecule has 1 N–H and O–H groups in total. The first-order valence-electron chi connectivity index (χ1n) is 7.76. The van der Waals surface area contributed by atoms with Crippen molar-refractivity contribution >= 4 is 11.9 Å². The highest BCUT2D eigenvalue weighted by molar-refractivity contribution is 5.97. The summed E-state index contributed by atoms with van der Waals surface area (Å²) in [5, 5.41) is 9.08. The van der Waals surface area contributed by atoms with Gasteiger partial charge in [0.15, 0.2) is 0 Å². The van der Waals surface area contributed by atoms with Gasteiger partial charge in [0.25, 0.3) is 5.91 Å². The van der Waals surface area contributed by atoms with Gasteiger partial charge in [-0.05, 0) is 42.9 Å². The van der Waals surface area contributed by atoms with Crippen LogP contribution in [0, 0.1) is 0 Å². The summed E-state index contributed by atoms with van der Waals surface area (Å²) in [6.07, 6.45) is 3.52. The first-order chi connectivity index (χ1) is 10.6. The molecule has 0 saturated carbocycles. The molecular weight excluding hydrogens is 282 g/mol. The molecule has 5 heteroatoms. The van der Waals surface area contributed by atoms with Crippen molar-refractivity contribution in [1.82, 2.24) is 4.90 Å². The van der Waals surface area contributed by atoms with Gasteiger partial charge in [-0.25, -0.2) is 0 Å². The normalized spacial score (nSPS) is 23.6. The molecule has 0 spiro atoms. The number of hydrogen-bond donors (Lipinski definition) is 1. The van der Waals surface area contributed by atoms with Gasteiger partial charge < -0.3 is 14.7 Å². The molecule has 2 atom stereocenters.